The van der Waals surface area contributed by atoms with Gasteiger partial charge in [0.1, 0.15) is 5.75 Å². The van der Waals surface area contributed by atoms with Gasteiger partial charge in [-0.05, 0) is 69.0 Å². The molecule has 1 atom stereocenters. The van der Waals surface area contributed by atoms with Gasteiger partial charge in [0.2, 0.25) is 0 Å². The number of benzene rings is 2. The van der Waals surface area contributed by atoms with Gasteiger partial charge in [0.15, 0.2) is 0 Å². The maximum Gasteiger partial charge on any atom is 0.115 e. The Morgan fingerprint density at radius 1 is 1.10 bits per heavy atom. The molecule has 0 fully saturated rings. The monoisotopic (exact) mass is 283 g/mol. The largest absolute Gasteiger partial charge is 0.508 e. The van der Waals surface area contributed by atoms with Crippen LogP contribution in [0.2, 0.25) is 0 Å². The highest BCUT2D eigenvalue weighted by atomic mass is 16.3. The molecule has 2 heteroatoms. The molecule has 1 unspecified atom stereocenters. The van der Waals surface area contributed by atoms with Crippen molar-refractivity contribution in [2.45, 2.75) is 39.7 Å². The number of phenols is 1. The summed E-state index contributed by atoms with van der Waals surface area (Å²) in [6.45, 7) is 7.64. The Kier molecular flexibility index (Phi) is 5.26. The van der Waals surface area contributed by atoms with Crippen molar-refractivity contribution in [2.75, 3.05) is 11.4 Å². The third-order valence-corrected chi connectivity index (χ3v) is 3.99. The summed E-state index contributed by atoms with van der Waals surface area (Å²) in [6, 6.07) is 16.7. The highest BCUT2D eigenvalue weighted by Crippen LogP contribution is 2.21. The van der Waals surface area contributed by atoms with E-state index in [4.69, 9.17) is 0 Å². The van der Waals surface area contributed by atoms with Crippen molar-refractivity contribution in [2.24, 2.45) is 0 Å². The number of aryl methyl sites for hydroxylation is 2. The van der Waals surface area contributed by atoms with Crippen LogP contribution in [0.25, 0.3) is 0 Å². The van der Waals surface area contributed by atoms with E-state index in [1.54, 1.807) is 12.1 Å². The molecule has 0 aliphatic rings. The van der Waals surface area contributed by atoms with E-state index in [-0.39, 0.29) is 0 Å². The number of hydrogen-bond donors (Lipinski definition) is 1. The minimum atomic E-state index is 0.335. The summed E-state index contributed by atoms with van der Waals surface area (Å²) in [5.41, 5.74) is 3.88. The third kappa shape index (κ3) is 4.25. The van der Waals surface area contributed by atoms with Crippen LogP contribution >= 0.6 is 0 Å². The van der Waals surface area contributed by atoms with Gasteiger partial charge in [0.25, 0.3) is 0 Å². The lowest BCUT2D eigenvalue weighted by atomic mass is 10.0. The van der Waals surface area contributed by atoms with Gasteiger partial charge in [-0.15, -0.1) is 0 Å². The fourth-order valence-electron chi connectivity index (χ4n) is 2.75. The molecule has 0 amide bonds. The molecule has 0 saturated carbocycles. The SMILES string of the molecule is CCN(c1cccc(C)c1)C(C)CCc1ccc(O)cc1. The third-order valence-electron chi connectivity index (χ3n) is 3.99. The fourth-order valence-corrected chi connectivity index (χ4v) is 2.75. The van der Waals surface area contributed by atoms with Gasteiger partial charge in [-0.3, -0.25) is 0 Å². The van der Waals surface area contributed by atoms with Crippen LogP contribution in [-0.2, 0) is 6.42 Å². The summed E-state index contributed by atoms with van der Waals surface area (Å²) in [6.07, 6.45) is 2.14. The van der Waals surface area contributed by atoms with Crippen molar-refractivity contribution in [3.63, 3.8) is 0 Å². The molecular formula is C19H25NO. The summed E-state index contributed by atoms with van der Waals surface area (Å²) in [7, 11) is 0. The smallest absolute Gasteiger partial charge is 0.115 e. The lowest BCUT2D eigenvalue weighted by Gasteiger charge is -2.30. The molecule has 0 bridgehead atoms. The van der Waals surface area contributed by atoms with E-state index in [9.17, 15) is 5.11 Å². The second-order valence-electron chi connectivity index (χ2n) is 5.68. The minimum absolute atomic E-state index is 0.335. The predicted molar refractivity (Wildman–Crippen MR) is 90.1 cm³/mol. The molecule has 0 spiro atoms. The molecule has 0 aliphatic heterocycles. The Bertz CT molecular complexity index is 562. The van der Waals surface area contributed by atoms with Crippen molar-refractivity contribution in [3.05, 3.63) is 59.7 Å². The molecule has 0 aromatic heterocycles. The molecule has 2 aromatic rings. The Morgan fingerprint density at radius 2 is 1.81 bits per heavy atom. The maximum atomic E-state index is 9.33. The summed E-state index contributed by atoms with van der Waals surface area (Å²) in [5, 5.41) is 9.33. The molecule has 0 heterocycles. The highest BCUT2D eigenvalue weighted by molar-refractivity contribution is 5.49. The zero-order valence-corrected chi connectivity index (χ0v) is 13.2. The normalized spacial score (nSPS) is 12.1. The van der Waals surface area contributed by atoms with Gasteiger partial charge in [-0.25, -0.2) is 0 Å². The number of nitrogens with zero attached hydrogens (tertiary/aromatic N) is 1. The Morgan fingerprint density at radius 3 is 2.43 bits per heavy atom. The van der Waals surface area contributed by atoms with Gasteiger partial charge in [0, 0.05) is 18.3 Å². The fraction of sp³-hybridized carbons (Fsp3) is 0.368. The summed E-state index contributed by atoms with van der Waals surface area (Å²) in [5.74, 6) is 0.335. The molecule has 2 aromatic carbocycles. The van der Waals surface area contributed by atoms with Crippen molar-refractivity contribution >= 4 is 5.69 Å². The molecular weight excluding hydrogens is 258 g/mol. The highest BCUT2D eigenvalue weighted by Gasteiger charge is 2.12. The first-order chi connectivity index (χ1) is 10.1. The van der Waals surface area contributed by atoms with Gasteiger partial charge < -0.3 is 10.0 Å². The van der Waals surface area contributed by atoms with E-state index < -0.39 is 0 Å². The van der Waals surface area contributed by atoms with Gasteiger partial charge in [0.05, 0.1) is 0 Å². The van der Waals surface area contributed by atoms with E-state index in [2.05, 4.69) is 49.9 Å². The van der Waals surface area contributed by atoms with Crippen LogP contribution in [0.1, 0.15) is 31.4 Å². The minimum Gasteiger partial charge on any atom is -0.508 e. The van der Waals surface area contributed by atoms with Crippen LogP contribution in [0.5, 0.6) is 5.75 Å². The quantitative estimate of drug-likeness (QED) is 0.840. The molecule has 0 radical (unpaired) electrons. The molecule has 0 aliphatic carbocycles. The molecule has 0 saturated heterocycles. The van der Waals surface area contributed by atoms with Crippen LogP contribution in [-0.4, -0.2) is 17.7 Å². The van der Waals surface area contributed by atoms with Crippen molar-refractivity contribution < 1.29 is 5.11 Å². The Hall–Kier alpha value is -1.96. The van der Waals surface area contributed by atoms with E-state index >= 15 is 0 Å². The lowest BCUT2D eigenvalue weighted by Crippen LogP contribution is -2.33. The first-order valence-electron chi connectivity index (χ1n) is 7.71. The Labute approximate surface area is 128 Å². The van der Waals surface area contributed by atoms with E-state index in [0.29, 0.717) is 11.8 Å². The van der Waals surface area contributed by atoms with Crippen LogP contribution in [0, 0.1) is 6.92 Å². The lowest BCUT2D eigenvalue weighted by molar-refractivity contribution is 0.475. The second kappa shape index (κ2) is 7.16. The number of phenolic OH excluding ortho intramolecular Hbond substituents is 1. The molecule has 1 N–H and O–H groups in total. The average molecular weight is 283 g/mol. The summed E-state index contributed by atoms with van der Waals surface area (Å²) >= 11 is 0. The second-order valence-corrected chi connectivity index (χ2v) is 5.68. The van der Waals surface area contributed by atoms with Crippen LogP contribution in [0.3, 0.4) is 0 Å². The molecule has 2 nitrogen and oxygen atoms in total. The molecule has 112 valence electrons. The number of aromatic hydroxyl groups is 1. The first kappa shape index (κ1) is 15.4. The van der Waals surface area contributed by atoms with E-state index in [1.807, 2.05) is 12.1 Å². The standard InChI is InChI=1S/C19H25NO/c1-4-20(18-7-5-6-15(2)14-18)16(3)8-9-17-10-12-19(21)13-11-17/h5-7,10-14,16,21H,4,8-9H2,1-3H3. The van der Waals surface area contributed by atoms with E-state index in [0.717, 1.165) is 19.4 Å². The summed E-state index contributed by atoms with van der Waals surface area (Å²) < 4.78 is 0. The zero-order valence-electron chi connectivity index (χ0n) is 13.2. The number of anilines is 1. The van der Waals surface area contributed by atoms with Crippen molar-refractivity contribution in [1.82, 2.24) is 0 Å². The maximum absolute atomic E-state index is 9.33. The van der Waals surface area contributed by atoms with Crippen molar-refractivity contribution in [1.29, 1.82) is 0 Å². The topological polar surface area (TPSA) is 23.5 Å². The van der Waals surface area contributed by atoms with Gasteiger partial charge >= 0.3 is 0 Å². The Balaban J connectivity index is 2.00. The van der Waals surface area contributed by atoms with Crippen LogP contribution in [0.15, 0.2) is 48.5 Å². The van der Waals surface area contributed by atoms with Crippen LogP contribution < -0.4 is 4.90 Å². The number of hydrogen-bond acceptors (Lipinski definition) is 2. The predicted octanol–water partition coefficient (Wildman–Crippen LogP) is 4.55. The summed E-state index contributed by atoms with van der Waals surface area (Å²) in [4.78, 5) is 2.45. The van der Waals surface area contributed by atoms with E-state index in [1.165, 1.54) is 16.8 Å². The van der Waals surface area contributed by atoms with Crippen LogP contribution in [0.4, 0.5) is 5.69 Å². The molecule has 2 rings (SSSR count). The average Bonchev–Trinajstić information content (AvgIpc) is 2.47. The molecule has 21 heavy (non-hydrogen) atoms. The first-order valence-corrected chi connectivity index (χ1v) is 7.71. The number of rotatable bonds is 6. The zero-order chi connectivity index (χ0) is 15.2. The van der Waals surface area contributed by atoms with Crippen molar-refractivity contribution in [3.8, 4) is 5.75 Å². The van der Waals surface area contributed by atoms with Gasteiger partial charge in [-0.1, -0.05) is 24.3 Å². The van der Waals surface area contributed by atoms with Gasteiger partial charge in [-0.2, -0.15) is 0 Å².